The Morgan fingerprint density at radius 1 is 1.06 bits per heavy atom. The lowest BCUT2D eigenvalue weighted by molar-refractivity contribution is -0.149. The molecule has 31 heavy (non-hydrogen) atoms. The monoisotopic (exact) mass is 423 g/mol. The van der Waals surface area contributed by atoms with E-state index in [1.807, 2.05) is 36.1 Å². The maximum atomic E-state index is 12.5. The van der Waals surface area contributed by atoms with Crippen molar-refractivity contribution in [2.75, 3.05) is 51.2 Å². The second-order valence-electron chi connectivity index (χ2n) is 9.44. The molecule has 2 aliphatic heterocycles. The Balaban J connectivity index is 1.14. The summed E-state index contributed by atoms with van der Waals surface area (Å²) in [6.45, 7) is 7.89. The molecule has 166 valence electrons. The minimum absolute atomic E-state index is 0.0262. The number of carbonyl (C=O) groups is 1. The lowest BCUT2D eigenvalue weighted by Crippen LogP contribution is -2.51. The molecule has 7 nitrogen and oxygen atoms in total. The number of nitrogens with one attached hydrogen (secondary N) is 1. The van der Waals surface area contributed by atoms with E-state index in [0.717, 1.165) is 35.0 Å². The van der Waals surface area contributed by atoms with Crippen molar-refractivity contribution >= 4 is 22.6 Å². The number of carbonyl (C=O) groups excluding carboxylic acids is 1. The second-order valence-corrected chi connectivity index (χ2v) is 9.44. The van der Waals surface area contributed by atoms with Gasteiger partial charge < -0.3 is 19.9 Å². The summed E-state index contributed by atoms with van der Waals surface area (Å²) >= 11 is 0. The van der Waals surface area contributed by atoms with E-state index in [1.165, 1.54) is 45.3 Å². The summed E-state index contributed by atoms with van der Waals surface area (Å²) in [6, 6.07) is 8.02. The molecule has 1 atom stereocenters. The smallest absolute Gasteiger partial charge is 0.248 e. The highest BCUT2D eigenvalue weighted by Gasteiger charge is 2.31. The minimum Gasteiger partial charge on any atom is -0.367 e. The first kappa shape index (κ1) is 20.6. The van der Waals surface area contributed by atoms with E-state index < -0.39 is 0 Å². The van der Waals surface area contributed by atoms with Crippen molar-refractivity contribution in [2.24, 2.45) is 11.8 Å². The molecule has 1 N–H and O–H groups in total. The number of aromatic nitrogens is 2. The highest BCUT2D eigenvalue weighted by atomic mass is 16.5. The molecule has 2 saturated heterocycles. The van der Waals surface area contributed by atoms with Gasteiger partial charge in [-0.1, -0.05) is 12.1 Å². The van der Waals surface area contributed by atoms with Crippen LogP contribution in [0, 0.1) is 18.8 Å². The fourth-order valence-corrected chi connectivity index (χ4v) is 4.85. The summed E-state index contributed by atoms with van der Waals surface area (Å²) in [6.07, 6.45) is 5.21. The number of hydrogen-bond acceptors (Lipinski definition) is 6. The lowest BCUT2D eigenvalue weighted by atomic mass is 9.95. The lowest BCUT2D eigenvalue weighted by Gasteiger charge is -2.38. The predicted molar refractivity (Wildman–Crippen MR) is 121 cm³/mol. The molecule has 1 amide bonds. The molecule has 1 saturated carbocycles. The number of fused-ring (bicyclic) bond motifs is 1. The van der Waals surface area contributed by atoms with E-state index in [9.17, 15) is 4.79 Å². The van der Waals surface area contributed by atoms with Crippen molar-refractivity contribution in [3.05, 3.63) is 30.1 Å². The Hall–Kier alpha value is -2.25. The summed E-state index contributed by atoms with van der Waals surface area (Å²) in [7, 11) is 0. The number of benzene rings is 1. The first-order valence-corrected chi connectivity index (χ1v) is 11.7. The zero-order valence-corrected chi connectivity index (χ0v) is 18.4. The molecule has 2 aromatic rings. The number of anilines is 1. The van der Waals surface area contributed by atoms with Crippen LogP contribution in [0.3, 0.4) is 0 Å². The van der Waals surface area contributed by atoms with Crippen LogP contribution in [0.25, 0.3) is 10.9 Å². The summed E-state index contributed by atoms with van der Waals surface area (Å²) in [5, 5.41) is 4.46. The molecular formula is C24H33N5O2. The molecule has 5 rings (SSSR count). The van der Waals surface area contributed by atoms with Gasteiger partial charge in [0.15, 0.2) is 0 Å². The van der Waals surface area contributed by atoms with Crippen molar-refractivity contribution in [3.8, 4) is 0 Å². The second kappa shape index (κ2) is 9.09. The van der Waals surface area contributed by atoms with E-state index in [1.54, 1.807) is 0 Å². The number of ether oxygens (including phenoxy) is 1. The van der Waals surface area contributed by atoms with Crippen molar-refractivity contribution < 1.29 is 9.53 Å². The van der Waals surface area contributed by atoms with Crippen molar-refractivity contribution in [1.82, 2.24) is 19.8 Å². The van der Waals surface area contributed by atoms with Gasteiger partial charge in [-0.25, -0.2) is 9.97 Å². The first-order valence-electron chi connectivity index (χ1n) is 11.7. The SMILES string of the molecule is Cc1nc(NC[C@H]2CN(CC3CCN(CC4CC4)CC3)C(=O)CO2)c2ccccc2n1. The van der Waals surface area contributed by atoms with Gasteiger partial charge in [0.1, 0.15) is 18.2 Å². The zero-order valence-electron chi connectivity index (χ0n) is 18.4. The molecule has 0 spiro atoms. The molecule has 3 fully saturated rings. The van der Waals surface area contributed by atoms with E-state index in [2.05, 4.69) is 20.2 Å². The Bertz CT molecular complexity index is 923. The van der Waals surface area contributed by atoms with Gasteiger partial charge in [-0.05, 0) is 69.7 Å². The van der Waals surface area contributed by atoms with Crippen molar-refractivity contribution in [2.45, 2.75) is 38.7 Å². The van der Waals surface area contributed by atoms with E-state index in [0.29, 0.717) is 19.0 Å². The normalized spacial score (nSPS) is 23.5. The van der Waals surface area contributed by atoms with Gasteiger partial charge in [0.05, 0.1) is 11.6 Å². The van der Waals surface area contributed by atoms with Crippen LogP contribution in [0.2, 0.25) is 0 Å². The van der Waals surface area contributed by atoms with E-state index in [-0.39, 0.29) is 18.6 Å². The Morgan fingerprint density at radius 3 is 2.65 bits per heavy atom. The topological polar surface area (TPSA) is 70.6 Å². The van der Waals surface area contributed by atoms with Gasteiger partial charge in [0.25, 0.3) is 0 Å². The standard InChI is InChI=1S/C24H33N5O2/c1-17-26-22-5-3-2-4-21(22)24(27-17)25-12-20-15-29(23(30)16-31-20)14-19-8-10-28(11-9-19)13-18-6-7-18/h2-5,18-20H,6-16H2,1H3,(H,25,26,27)/t20-/m0/s1. The first-order chi connectivity index (χ1) is 15.1. The van der Waals surface area contributed by atoms with Crippen molar-refractivity contribution in [3.63, 3.8) is 0 Å². The van der Waals surface area contributed by atoms with Crippen LogP contribution in [-0.4, -0.2) is 77.7 Å². The summed E-state index contributed by atoms with van der Waals surface area (Å²) < 4.78 is 5.84. The number of piperidine rings is 1. The fourth-order valence-electron chi connectivity index (χ4n) is 4.85. The molecule has 7 heteroatoms. The van der Waals surface area contributed by atoms with E-state index >= 15 is 0 Å². The van der Waals surface area contributed by atoms with Gasteiger partial charge in [-0.3, -0.25) is 4.79 Å². The van der Waals surface area contributed by atoms with Gasteiger partial charge >= 0.3 is 0 Å². The third-order valence-corrected chi connectivity index (χ3v) is 6.83. The van der Waals surface area contributed by atoms with Crippen LogP contribution in [0.1, 0.15) is 31.5 Å². The number of likely N-dealkylation sites (tertiary alicyclic amines) is 1. The Kier molecular flexibility index (Phi) is 6.05. The zero-order chi connectivity index (χ0) is 21.2. The van der Waals surface area contributed by atoms with Gasteiger partial charge in [-0.2, -0.15) is 0 Å². The number of hydrogen-bond donors (Lipinski definition) is 1. The quantitative estimate of drug-likeness (QED) is 0.738. The van der Waals surface area contributed by atoms with Crippen LogP contribution >= 0.6 is 0 Å². The number of amides is 1. The Morgan fingerprint density at radius 2 is 1.84 bits per heavy atom. The van der Waals surface area contributed by atoms with Crippen LogP contribution in [0.4, 0.5) is 5.82 Å². The highest BCUT2D eigenvalue weighted by molar-refractivity contribution is 5.89. The molecule has 0 bridgehead atoms. The summed E-state index contributed by atoms with van der Waals surface area (Å²) in [4.78, 5) is 26.2. The number of morpholine rings is 1. The van der Waals surface area contributed by atoms with Gasteiger partial charge in [0, 0.05) is 31.6 Å². The van der Waals surface area contributed by atoms with Gasteiger partial charge in [-0.15, -0.1) is 0 Å². The molecule has 1 aromatic heterocycles. The number of nitrogens with zero attached hydrogens (tertiary/aromatic N) is 4. The largest absolute Gasteiger partial charge is 0.367 e. The number of para-hydroxylation sites is 1. The average molecular weight is 424 g/mol. The maximum Gasteiger partial charge on any atom is 0.248 e. The maximum absolute atomic E-state index is 12.5. The molecule has 1 aliphatic carbocycles. The summed E-state index contributed by atoms with van der Waals surface area (Å²) in [5.74, 6) is 3.27. The third kappa shape index (κ3) is 5.15. The average Bonchev–Trinajstić information content (AvgIpc) is 3.59. The number of aryl methyl sites for hydroxylation is 1. The predicted octanol–water partition coefficient (Wildman–Crippen LogP) is 2.70. The van der Waals surface area contributed by atoms with Crippen LogP contribution < -0.4 is 5.32 Å². The molecule has 1 aromatic carbocycles. The number of rotatable bonds is 7. The van der Waals surface area contributed by atoms with Crippen LogP contribution in [0.15, 0.2) is 24.3 Å². The fraction of sp³-hybridized carbons (Fsp3) is 0.625. The minimum atomic E-state index is -0.0262. The molecule has 0 radical (unpaired) electrons. The molecule has 3 aliphatic rings. The summed E-state index contributed by atoms with van der Waals surface area (Å²) in [5.41, 5.74) is 0.937. The van der Waals surface area contributed by atoms with Gasteiger partial charge in [0.2, 0.25) is 5.91 Å². The van der Waals surface area contributed by atoms with E-state index in [4.69, 9.17) is 4.74 Å². The van der Waals surface area contributed by atoms with Crippen LogP contribution in [0.5, 0.6) is 0 Å². The Labute approximate surface area is 184 Å². The van der Waals surface area contributed by atoms with Crippen LogP contribution in [-0.2, 0) is 9.53 Å². The molecule has 0 unspecified atom stereocenters. The van der Waals surface area contributed by atoms with Crippen molar-refractivity contribution in [1.29, 1.82) is 0 Å². The molecular weight excluding hydrogens is 390 g/mol. The molecule has 3 heterocycles. The highest BCUT2D eigenvalue weighted by Crippen LogP contribution is 2.31. The third-order valence-electron chi connectivity index (χ3n) is 6.83.